The summed E-state index contributed by atoms with van der Waals surface area (Å²) in [5.41, 5.74) is 5.19. The van der Waals surface area contributed by atoms with E-state index in [2.05, 4.69) is 0 Å². The van der Waals surface area contributed by atoms with Crippen molar-refractivity contribution in [2.75, 3.05) is 11.4 Å². The summed E-state index contributed by atoms with van der Waals surface area (Å²) in [6.07, 6.45) is 0.148. The van der Waals surface area contributed by atoms with Crippen LogP contribution in [0.3, 0.4) is 0 Å². The quantitative estimate of drug-likeness (QED) is 0.789. The molecule has 1 amide bonds. The van der Waals surface area contributed by atoms with Gasteiger partial charge in [-0.25, -0.2) is 9.18 Å². The number of carboxylic acid groups (broad SMARTS) is 1. The lowest BCUT2D eigenvalue weighted by molar-refractivity contribution is -0.117. The van der Waals surface area contributed by atoms with Gasteiger partial charge < -0.3 is 15.7 Å². The molecule has 1 aromatic rings. The van der Waals surface area contributed by atoms with Crippen LogP contribution in [0.5, 0.6) is 0 Å². The molecule has 6 heteroatoms. The Morgan fingerprint density at radius 2 is 2.24 bits per heavy atom. The fourth-order valence-corrected chi connectivity index (χ4v) is 1.92. The van der Waals surface area contributed by atoms with Crippen molar-refractivity contribution in [1.29, 1.82) is 0 Å². The topological polar surface area (TPSA) is 83.6 Å². The number of anilines is 1. The maximum absolute atomic E-state index is 13.4. The van der Waals surface area contributed by atoms with Crippen LogP contribution >= 0.6 is 0 Å². The van der Waals surface area contributed by atoms with Gasteiger partial charge in [-0.1, -0.05) is 6.07 Å². The summed E-state index contributed by atoms with van der Waals surface area (Å²) in [4.78, 5) is 23.8. The highest BCUT2D eigenvalue weighted by Crippen LogP contribution is 2.27. The van der Waals surface area contributed by atoms with Gasteiger partial charge in [0.1, 0.15) is 11.4 Å². The summed E-state index contributed by atoms with van der Waals surface area (Å²) in [6, 6.07) is 3.48. The minimum atomic E-state index is -1.40. The second kappa shape index (κ2) is 4.14. The number of amides is 1. The number of carbonyl (C=O) groups is 2. The molecule has 5 nitrogen and oxygen atoms in total. The van der Waals surface area contributed by atoms with Gasteiger partial charge in [0.2, 0.25) is 5.91 Å². The third kappa shape index (κ3) is 1.99. The number of hydrogen-bond donors (Lipinski definition) is 2. The molecule has 1 aliphatic heterocycles. The van der Waals surface area contributed by atoms with Crippen LogP contribution in [0, 0.1) is 5.82 Å². The predicted octanol–water partition coefficient (Wildman–Crippen LogP) is 0.588. The second-order valence-corrected chi connectivity index (χ2v) is 3.91. The van der Waals surface area contributed by atoms with E-state index in [1.807, 2.05) is 0 Å². The molecule has 1 saturated heterocycles. The summed E-state index contributed by atoms with van der Waals surface area (Å²) in [5, 5.41) is 8.95. The molecule has 90 valence electrons. The third-order valence-corrected chi connectivity index (χ3v) is 2.65. The highest BCUT2D eigenvalue weighted by Gasteiger charge is 2.31. The van der Waals surface area contributed by atoms with Crippen LogP contribution in [0.4, 0.5) is 10.1 Å². The van der Waals surface area contributed by atoms with Crippen molar-refractivity contribution in [3.8, 4) is 0 Å². The molecule has 0 aromatic heterocycles. The van der Waals surface area contributed by atoms with Crippen molar-refractivity contribution in [2.24, 2.45) is 5.73 Å². The van der Waals surface area contributed by atoms with Crippen molar-refractivity contribution >= 4 is 17.6 Å². The summed E-state index contributed by atoms with van der Waals surface area (Å²) < 4.78 is 13.4. The Kier molecular flexibility index (Phi) is 2.81. The van der Waals surface area contributed by atoms with Gasteiger partial charge in [-0.2, -0.15) is 0 Å². The minimum absolute atomic E-state index is 0.0652. The molecule has 0 radical (unpaired) electrons. The molecule has 0 spiro atoms. The van der Waals surface area contributed by atoms with Gasteiger partial charge >= 0.3 is 5.97 Å². The van der Waals surface area contributed by atoms with E-state index in [0.29, 0.717) is 0 Å². The summed E-state index contributed by atoms with van der Waals surface area (Å²) in [7, 11) is 0. The monoisotopic (exact) mass is 238 g/mol. The number of nitrogens with zero attached hydrogens (tertiary/aromatic N) is 1. The Morgan fingerprint density at radius 1 is 1.53 bits per heavy atom. The number of carboxylic acids is 1. The molecule has 0 saturated carbocycles. The molecule has 1 heterocycles. The number of hydrogen-bond acceptors (Lipinski definition) is 3. The van der Waals surface area contributed by atoms with Crippen molar-refractivity contribution < 1.29 is 19.1 Å². The molecule has 1 fully saturated rings. The average molecular weight is 238 g/mol. The lowest BCUT2D eigenvalue weighted by Crippen LogP contribution is -2.29. The lowest BCUT2D eigenvalue weighted by atomic mass is 10.1. The molecule has 3 N–H and O–H groups in total. The van der Waals surface area contributed by atoms with Crippen LogP contribution in [-0.2, 0) is 4.79 Å². The largest absolute Gasteiger partial charge is 0.478 e. The minimum Gasteiger partial charge on any atom is -0.478 e. The Bertz CT molecular complexity index is 490. The van der Waals surface area contributed by atoms with Gasteiger partial charge in [0, 0.05) is 19.0 Å². The first-order valence-corrected chi connectivity index (χ1v) is 5.08. The highest BCUT2D eigenvalue weighted by molar-refractivity contribution is 6.03. The lowest BCUT2D eigenvalue weighted by Gasteiger charge is -2.18. The van der Waals surface area contributed by atoms with Crippen LogP contribution in [0.15, 0.2) is 18.2 Å². The first-order chi connectivity index (χ1) is 8.00. The van der Waals surface area contributed by atoms with E-state index in [9.17, 15) is 14.0 Å². The summed E-state index contributed by atoms with van der Waals surface area (Å²) >= 11 is 0. The molecule has 0 aliphatic carbocycles. The molecule has 17 heavy (non-hydrogen) atoms. The standard InChI is InChI=1S/C11H11FN2O3/c12-7-2-1-3-8(10(7)11(16)17)14-5-6(13)4-9(14)15/h1-3,6H,4-5,13H2,(H,16,17). The summed E-state index contributed by atoms with van der Waals surface area (Å²) in [6.45, 7) is 0.211. The van der Waals surface area contributed by atoms with Crippen molar-refractivity contribution in [1.82, 2.24) is 0 Å². The molecule has 0 bridgehead atoms. The van der Waals surface area contributed by atoms with E-state index in [-0.39, 0.29) is 30.6 Å². The zero-order valence-electron chi connectivity index (χ0n) is 8.89. The number of carbonyl (C=O) groups excluding carboxylic acids is 1. The highest BCUT2D eigenvalue weighted by atomic mass is 19.1. The normalized spacial score (nSPS) is 19.8. The number of aromatic carboxylic acids is 1. The molecule has 1 atom stereocenters. The van der Waals surface area contributed by atoms with Crippen molar-refractivity contribution in [3.63, 3.8) is 0 Å². The zero-order chi connectivity index (χ0) is 12.6. The first kappa shape index (κ1) is 11.5. The van der Waals surface area contributed by atoms with Crippen LogP contribution in [-0.4, -0.2) is 29.6 Å². The van der Waals surface area contributed by atoms with Crippen molar-refractivity contribution in [2.45, 2.75) is 12.5 Å². The van der Waals surface area contributed by atoms with Gasteiger partial charge in [-0.15, -0.1) is 0 Å². The molecule has 1 aromatic carbocycles. The van der Waals surface area contributed by atoms with Gasteiger partial charge in [-0.05, 0) is 12.1 Å². The molecular weight excluding hydrogens is 227 g/mol. The van der Waals surface area contributed by atoms with E-state index >= 15 is 0 Å². The van der Waals surface area contributed by atoms with Gasteiger partial charge in [0.15, 0.2) is 0 Å². The van der Waals surface area contributed by atoms with Crippen molar-refractivity contribution in [3.05, 3.63) is 29.6 Å². The van der Waals surface area contributed by atoms with E-state index in [1.54, 1.807) is 0 Å². The van der Waals surface area contributed by atoms with E-state index in [1.165, 1.54) is 17.0 Å². The fourth-order valence-electron chi connectivity index (χ4n) is 1.92. The number of rotatable bonds is 2. The van der Waals surface area contributed by atoms with E-state index in [0.717, 1.165) is 6.07 Å². The van der Waals surface area contributed by atoms with Crippen LogP contribution < -0.4 is 10.6 Å². The number of benzene rings is 1. The molecular formula is C11H11FN2O3. The third-order valence-electron chi connectivity index (χ3n) is 2.65. The van der Waals surface area contributed by atoms with Crippen LogP contribution in [0.1, 0.15) is 16.8 Å². The Balaban J connectivity index is 2.49. The maximum atomic E-state index is 13.4. The van der Waals surface area contributed by atoms with Gasteiger partial charge in [-0.3, -0.25) is 4.79 Å². The maximum Gasteiger partial charge on any atom is 0.340 e. The van der Waals surface area contributed by atoms with Crippen LogP contribution in [0.25, 0.3) is 0 Å². The first-order valence-electron chi connectivity index (χ1n) is 5.08. The zero-order valence-corrected chi connectivity index (χ0v) is 8.89. The SMILES string of the molecule is NC1CC(=O)N(c2cccc(F)c2C(=O)O)C1. The smallest absolute Gasteiger partial charge is 0.340 e. The molecule has 2 rings (SSSR count). The van der Waals surface area contributed by atoms with E-state index in [4.69, 9.17) is 10.8 Å². The molecule has 1 unspecified atom stereocenters. The van der Waals surface area contributed by atoms with E-state index < -0.39 is 17.3 Å². The Hall–Kier alpha value is -1.95. The predicted molar refractivity (Wildman–Crippen MR) is 58.3 cm³/mol. The van der Waals surface area contributed by atoms with Gasteiger partial charge in [0.05, 0.1) is 5.69 Å². The average Bonchev–Trinajstić information content (AvgIpc) is 2.56. The fraction of sp³-hybridized carbons (Fsp3) is 0.273. The van der Waals surface area contributed by atoms with Gasteiger partial charge in [0.25, 0.3) is 0 Å². The molecule has 1 aliphatic rings. The van der Waals surface area contributed by atoms with Crippen LogP contribution in [0.2, 0.25) is 0 Å². The second-order valence-electron chi connectivity index (χ2n) is 3.91. The summed E-state index contributed by atoms with van der Waals surface area (Å²) in [5.74, 6) is -2.54. The number of nitrogens with two attached hydrogens (primary N) is 1. The number of halogens is 1. The Morgan fingerprint density at radius 3 is 2.76 bits per heavy atom. The Labute approximate surface area is 96.6 Å².